The van der Waals surface area contributed by atoms with Crippen molar-refractivity contribution in [2.45, 2.75) is 18.8 Å². The second kappa shape index (κ2) is 5.40. The highest BCUT2D eigenvalue weighted by Gasteiger charge is 2.22. The number of para-hydroxylation sites is 1. The first-order valence-corrected chi connectivity index (χ1v) is 6.56. The van der Waals surface area contributed by atoms with E-state index in [4.69, 9.17) is 9.26 Å². The Morgan fingerprint density at radius 3 is 3.05 bits per heavy atom. The molecule has 2 aromatic rings. The lowest BCUT2D eigenvalue weighted by Gasteiger charge is -2.18. The van der Waals surface area contributed by atoms with Crippen LogP contribution < -0.4 is 10.1 Å². The van der Waals surface area contributed by atoms with Crippen LogP contribution in [0.2, 0.25) is 0 Å². The zero-order valence-corrected chi connectivity index (χ0v) is 10.9. The summed E-state index contributed by atoms with van der Waals surface area (Å²) in [7, 11) is 1.64. The number of methoxy groups -OCH3 is 1. The quantitative estimate of drug-likeness (QED) is 0.915. The van der Waals surface area contributed by atoms with Crippen LogP contribution in [0.25, 0.3) is 11.4 Å². The monoisotopic (exact) mass is 259 g/mol. The van der Waals surface area contributed by atoms with Crippen LogP contribution in [0.3, 0.4) is 0 Å². The number of nitrogens with zero attached hydrogens (tertiary/aromatic N) is 2. The third kappa shape index (κ3) is 2.46. The zero-order valence-electron chi connectivity index (χ0n) is 10.9. The molecule has 100 valence electrons. The van der Waals surface area contributed by atoms with Crippen LogP contribution in [0.4, 0.5) is 0 Å². The van der Waals surface area contributed by atoms with Crippen molar-refractivity contribution in [2.24, 2.45) is 0 Å². The summed E-state index contributed by atoms with van der Waals surface area (Å²) in [5.41, 5.74) is 0.865. The minimum Gasteiger partial charge on any atom is -0.496 e. The van der Waals surface area contributed by atoms with Gasteiger partial charge < -0.3 is 14.6 Å². The molecule has 0 amide bonds. The van der Waals surface area contributed by atoms with E-state index in [-0.39, 0.29) is 0 Å². The summed E-state index contributed by atoms with van der Waals surface area (Å²) < 4.78 is 10.7. The lowest BCUT2D eigenvalue weighted by Crippen LogP contribution is -2.28. The molecule has 0 spiro atoms. The highest BCUT2D eigenvalue weighted by Crippen LogP contribution is 2.29. The summed E-state index contributed by atoms with van der Waals surface area (Å²) >= 11 is 0. The van der Waals surface area contributed by atoms with Crippen molar-refractivity contribution in [1.82, 2.24) is 15.5 Å². The minimum absolute atomic E-state index is 0.324. The van der Waals surface area contributed by atoms with Gasteiger partial charge in [0.25, 0.3) is 0 Å². The van der Waals surface area contributed by atoms with Gasteiger partial charge in [0, 0.05) is 6.54 Å². The number of aromatic nitrogens is 2. The molecule has 5 nitrogen and oxygen atoms in total. The van der Waals surface area contributed by atoms with Gasteiger partial charge in [-0.1, -0.05) is 17.3 Å². The SMILES string of the molecule is COc1ccccc1-c1noc(C2CCCNC2)n1. The Morgan fingerprint density at radius 2 is 2.26 bits per heavy atom. The van der Waals surface area contributed by atoms with Gasteiger partial charge in [-0.15, -0.1) is 0 Å². The molecule has 1 N–H and O–H groups in total. The molecular weight excluding hydrogens is 242 g/mol. The van der Waals surface area contributed by atoms with Crippen LogP contribution in [0.15, 0.2) is 28.8 Å². The Morgan fingerprint density at radius 1 is 1.37 bits per heavy atom. The van der Waals surface area contributed by atoms with Crippen LogP contribution in [-0.2, 0) is 0 Å². The van der Waals surface area contributed by atoms with E-state index in [9.17, 15) is 0 Å². The first-order valence-electron chi connectivity index (χ1n) is 6.56. The predicted octanol–water partition coefficient (Wildman–Crippen LogP) is 2.21. The Bertz CT molecular complexity index is 547. The van der Waals surface area contributed by atoms with E-state index in [1.54, 1.807) is 7.11 Å². The Labute approximate surface area is 112 Å². The maximum absolute atomic E-state index is 5.40. The summed E-state index contributed by atoms with van der Waals surface area (Å²) in [5.74, 6) is 2.40. The average molecular weight is 259 g/mol. The molecule has 1 unspecified atom stereocenters. The number of piperidine rings is 1. The fraction of sp³-hybridized carbons (Fsp3) is 0.429. The summed E-state index contributed by atoms with van der Waals surface area (Å²) in [6.07, 6.45) is 2.25. The van der Waals surface area contributed by atoms with Gasteiger partial charge >= 0.3 is 0 Å². The van der Waals surface area contributed by atoms with Crippen LogP contribution in [-0.4, -0.2) is 30.3 Å². The van der Waals surface area contributed by atoms with Gasteiger partial charge in [-0.25, -0.2) is 0 Å². The summed E-state index contributed by atoms with van der Waals surface area (Å²) in [6.45, 7) is 1.98. The third-order valence-corrected chi connectivity index (χ3v) is 3.44. The van der Waals surface area contributed by atoms with Crippen molar-refractivity contribution in [2.75, 3.05) is 20.2 Å². The fourth-order valence-electron chi connectivity index (χ4n) is 2.40. The van der Waals surface area contributed by atoms with E-state index in [1.807, 2.05) is 24.3 Å². The first-order chi connectivity index (χ1) is 9.38. The van der Waals surface area contributed by atoms with Crippen molar-refractivity contribution in [1.29, 1.82) is 0 Å². The predicted molar refractivity (Wildman–Crippen MR) is 71.1 cm³/mol. The standard InChI is InChI=1S/C14H17N3O2/c1-18-12-7-3-2-6-11(12)13-16-14(19-17-13)10-5-4-8-15-9-10/h2-3,6-7,10,15H,4-5,8-9H2,1H3. The molecule has 0 aliphatic carbocycles. The molecule has 3 rings (SSSR count). The molecule has 1 fully saturated rings. The van der Waals surface area contributed by atoms with Gasteiger partial charge in [-0.3, -0.25) is 0 Å². The van der Waals surface area contributed by atoms with Crippen LogP contribution >= 0.6 is 0 Å². The van der Waals surface area contributed by atoms with Gasteiger partial charge in [-0.05, 0) is 31.5 Å². The molecule has 0 saturated carbocycles. The van der Waals surface area contributed by atoms with E-state index in [0.717, 1.165) is 37.2 Å². The van der Waals surface area contributed by atoms with Crippen molar-refractivity contribution in [3.05, 3.63) is 30.2 Å². The molecule has 0 radical (unpaired) electrons. The molecule has 1 aliphatic heterocycles. The van der Waals surface area contributed by atoms with Crippen LogP contribution in [0.5, 0.6) is 5.75 Å². The van der Waals surface area contributed by atoms with Gasteiger partial charge in [0.05, 0.1) is 18.6 Å². The van der Waals surface area contributed by atoms with Gasteiger partial charge in [0.1, 0.15) is 5.75 Å². The highest BCUT2D eigenvalue weighted by atomic mass is 16.5. The number of hydrogen-bond donors (Lipinski definition) is 1. The molecule has 1 aromatic heterocycles. The smallest absolute Gasteiger partial charge is 0.231 e. The molecule has 1 saturated heterocycles. The van der Waals surface area contributed by atoms with E-state index >= 15 is 0 Å². The largest absolute Gasteiger partial charge is 0.496 e. The normalized spacial score (nSPS) is 19.3. The molecule has 2 heterocycles. The Hall–Kier alpha value is -1.88. The fourth-order valence-corrected chi connectivity index (χ4v) is 2.40. The highest BCUT2D eigenvalue weighted by molar-refractivity contribution is 5.63. The molecule has 1 aliphatic rings. The molecule has 0 bridgehead atoms. The number of benzene rings is 1. The summed E-state index contributed by atoms with van der Waals surface area (Å²) in [6, 6.07) is 7.70. The zero-order chi connectivity index (χ0) is 13.1. The van der Waals surface area contributed by atoms with Gasteiger partial charge in [0.2, 0.25) is 11.7 Å². The van der Waals surface area contributed by atoms with Crippen LogP contribution in [0, 0.1) is 0 Å². The Balaban J connectivity index is 1.88. The van der Waals surface area contributed by atoms with Crippen molar-refractivity contribution >= 4 is 0 Å². The number of ether oxygens (including phenoxy) is 1. The maximum Gasteiger partial charge on any atom is 0.231 e. The lowest BCUT2D eigenvalue weighted by atomic mass is 10.00. The van der Waals surface area contributed by atoms with Crippen molar-refractivity contribution < 1.29 is 9.26 Å². The second-order valence-electron chi connectivity index (χ2n) is 4.70. The van der Waals surface area contributed by atoms with Gasteiger partial charge in [-0.2, -0.15) is 4.98 Å². The Kier molecular flexibility index (Phi) is 3.46. The average Bonchev–Trinajstić information content (AvgIpc) is 2.98. The lowest BCUT2D eigenvalue weighted by molar-refractivity contribution is 0.322. The molecule has 19 heavy (non-hydrogen) atoms. The maximum atomic E-state index is 5.40. The van der Waals surface area contributed by atoms with Gasteiger partial charge in [0.15, 0.2) is 0 Å². The molecule has 1 aromatic carbocycles. The number of hydrogen-bond acceptors (Lipinski definition) is 5. The topological polar surface area (TPSA) is 60.2 Å². The number of rotatable bonds is 3. The van der Waals surface area contributed by atoms with E-state index in [0.29, 0.717) is 17.6 Å². The molecule has 1 atom stereocenters. The molecular formula is C14H17N3O2. The minimum atomic E-state index is 0.324. The van der Waals surface area contributed by atoms with Crippen molar-refractivity contribution in [3.8, 4) is 17.1 Å². The van der Waals surface area contributed by atoms with E-state index in [2.05, 4.69) is 15.5 Å². The number of nitrogens with one attached hydrogen (secondary N) is 1. The first kappa shape index (κ1) is 12.2. The summed E-state index contributed by atoms with van der Waals surface area (Å²) in [5, 5.41) is 7.43. The van der Waals surface area contributed by atoms with Crippen LogP contribution in [0.1, 0.15) is 24.7 Å². The second-order valence-corrected chi connectivity index (χ2v) is 4.70. The van der Waals surface area contributed by atoms with E-state index < -0.39 is 0 Å². The third-order valence-electron chi connectivity index (χ3n) is 3.44. The summed E-state index contributed by atoms with van der Waals surface area (Å²) in [4.78, 5) is 4.51. The molecule has 5 heteroatoms. The van der Waals surface area contributed by atoms with Crippen molar-refractivity contribution in [3.63, 3.8) is 0 Å². The van der Waals surface area contributed by atoms with E-state index in [1.165, 1.54) is 0 Å².